The van der Waals surface area contributed by atoms with Gasteiger partial charge < -0.3 is 19.7 Å². The smallest absolute Gasteiger partial charge is 0.264 e. The van der Waals surface area contributed by atoms with Crippen LogP contribution in [-0.4, -0.2) is 57.5 Å². The molecular formula is C30H37N3O6S. The lowest BCUT2D eigenvalue weighted by Crippen LogP contribution is -2.54. The van der Waals surface area contributed by atoms with Crippen LogP contribution in [0.2, 0.25) is 0 Å². The topological polar surface area (TPSA) is 105 Å². The molecule has 0 aliphatic carbocycles. The first-order chi connectivity index (χ1) is 18.9. The van der Waals surface area contributed by atoms with Crippen molar-refractivity contribution in [3.63, 3.8) is 0 Å². The van der Waals surface area contributed by atoms with Crippen molar-refractivity contribution < 1.29 is 27.5 Å². The normalized spacial score (nSPS) is 12.2. The highest BCUT2D eigenvalue weighted by molar-refractivity contribution is 7.92. The van der Waals surface area contributed by atoms with Gasteiger partial charge in [0.2, 0.25) is 11.8 Å². The summed E-state index contributed by atoms with van der Waals surface area (Å²) in [6.45, 7) is 6.70. The molecule has 1 N–H and O–H groups in total. The minimum atomic E-state index is -4.16. The van der Waals surface area contributed by atoms with Crippen LogP contribution in [0.3, 0.4) is 0 Å². The van der Waals surface area contributed by atoms with Crippen molar-refractivity contribution in [2.75, 3.05) is 25.1 Å². The molecule has 9 nitrogen and oxygen atoms in total. The first kappa shape index (κ1) is 30.5. The van der Waals surface area contributed by atoms with Crippen molar-refractivity contribution in [2.24, 2.45) is 0 Å². The van der Waals surface area contributed by atoms with Gasteiger partial charge in [0, 0.05) is 18.2 Å². The summed E-state index contributed by atoms with van der Waals surface area (Å²) in [5, 5.41) is 2.91. The summed E-state index contributed by atoms with van der Waals surface area (Å²) in [5.74, 6) is 0.120. The molecule has 2 amide bonds. The van der Waals surface area contributed by atoms with Gasteiger partial charge in [-0.25, -0.2) is 8.42 Å². The number of methoxy groups -OCH3 is 2. The number of amides is 2. The lowest BCUT2D eigenvalue weighted by atomic mass is 10.1. The van der Waals surface area contributed by atoms with Crippen molar-refractivity contribution in [3.8, 4) is 11.5 Å². The average Bonchev–Trinajstić information content (AvgIpc) is 2.93. The van der Waals surface area contributed by atoms with Gasteiger partial charge in [-0.3, -0.25) is 13.9 Å². The number of nitrogens with one attached hydrogen (secondary N) is 1. The summed E-state index contributed by atoms with van der Waals surface area (Å²) in [4.78, 5) is 28.6. The number of benzene rings is 3. The Morgan fingerprint density at radius 2 is 1.48 bits per heavy atom. The number of carbonyl (C=O) groups is 2. The van der Waals surface area contributed by atoms with E-state index in [4.69, 9.17) is 9.47 Å². The van der Waals surface area contributed by atoms with Gasteiger partial charge in [0.25, 0.3) is 10.0 Å². The van der Waals surface area contributed by atoms with E-state index in [9.17, 15) is 18.0 Å². The predicted octanol–water partition coefficient (Wildman–Crippen LogP) is 4.23. The number of hydrogen-bond donors (Lipinski definition) is 1. The van der Waals surface area contributed by atoms with Crippen LogP contribution < -0.4 is 19.1 Å². The number of carbonyl (C=O) groups excluding carboxylic acids is 2. The molecule has 0 unspecified atom stereocenters. The summed E-state index contributed by atoms with van der Waals surface area (Å²) in [7, 11) is -1.13. The molecule has 40 heavy (non-hydrogen) atoms. The summed E-state index contributed by atoms with van der Waals surface area (Å²) in [6.07, 6.45) is 0. The second-order valence-electron chi connectivity index (χ2n) is 10.3. The van der Waals surface area contributed by atoms with Gasteiger partial charge in [-0.05, 0) is 69.7 Å². The monoisotopic (exact) mass is 567 g/mol. The maximum absolute atomic E-state index is 14.0. The first-order valence-corrected chi connectivity index (χ1v) is 14.3. The SMILES string of the molecule is COc1cccc(CN(C(=O)CN(c2cccc(OC)c2)S(=O)(=O)c2ccccc2)[C@H](C)C(=O)NC(C)(C)C)c1. The molecule has 214 valence electrons. The Morgan fingerprint density at radius 1 is 0.875 bits per heavy atom. The Balaban J connectivity index is 2.05. The van der Waals surface area contributed by atoms with E-state index in [0.29, 0.717) is 11.5 Å². The molecule has 1 atom stereocenters. The number of ether oxygens (including phenoxy) is 2. The Labute approximate surface area is 236 Å². The number of anilines is 1. The van der Waals surface area contributed by atoms with E-state index in [1.807, 2.05) is 26.8 Å². The van der Waals surface area contributed by atoms with Gasteiger partial charge in [-0.1, -0.05) is 36.4 Å². The van der Waals surface area contributed by atoms with Gasteiger partial charge in [-0.2, -0.15) is 0 Å². The molecular weight excluding hydrogens is 530 g/mol. The number of sulfonamides is 1. The molecule has 0 aromatic heterocycles. The van der Waals surface area contributed by atoms with E-state index in [2.05, 4.69) is 5.32 Å². The van der Waals surface area contributed by atoms with Crippen LogP contribution in [0.25, 0.3) is 0 Å². The highest BCUT2D eigenvalue weighted by Gasteiger charge is 2.33. The van der Waals surface area contributed by atoms with Crippen LogP contribution in [-0.2, 0) is 26.2 Å². The molecule has 0 bridgehead atoms. The lowest BCUT2D eigenvalue weighted by molar-refractivity contribution is -0.140. The highest BCUT2D eigenvalue weighted by atomic mass is 32.2. The highest BCUT2D eigenvalue weighted by Crippen LogP contribution is 2.28. The zero-order chi connectivity index (χ0) is 29.5. The van der Waals surface area contributed by atoms with Crippen molar-refractivity contribution in [3.05, 3.63) is 84.4 Å². The molecule has 0 aliphatic heterocycles. The summed E-state index contributed by atoms with van der Waals surface area (Å²) < 4.78 is 39.4. The minimum Gasteiger partial charge on any atom is -0.497 e. The minimum absolute atomic E-state index is 0.0310. The van der Waals surface area contributed by atoms with Gasteiger partial charge in [0.15, 0.2) is 0 Å². The van der Waals surface area contributed by atoms with Gasteiger partial charge in [-0.15, -0.1) is 0 Å². The molecule has 0 saturated carbocycles. The third-order valence-corrected chi connectivity index (χ3v) is 7.89. The molecule has 0 heterocycles. The molecule has 3 rings (SSSR count). The van der Waals surface area contributed by atoms with Gasteiger partial charge in [0.1, 0.15) is 24.1 Å². The second kappa shape index (κ2) is 12.9. The fraction of sp³-hybridized carbons (Fsp3) is 0.333. The summed E-state index contributed by atoms with van der Waals surface area (Å²) >= 11 is 0. The third-order valence-electron chi connectivity index (χ3n) is 6.10. The van der Waals surface area contributed by atoms with Crippen LogP contribution in [0, 0.1) is 0 Å². The Morgan fingerprint density at radius 3 is 2.08 bits per heavy atom. The van der Waals surface area contributed by atoms with E-state index < -0.39 is 34.1 Å². The number of nitrogens with zero attached hydrogens (tertiary/aromatic N) is 2. The first-order valence-electron chi connectivity index (χ1n) is 12.8. The number of rotatable bonds is 11. The van der Waals surface area contributed by atoms with E-state index in [1.165, 1.54) is 24.1 Å². The molecule has 10 heteroatoms. The Kier molecular flexibility index (Phi) is 9.81. The summed E-state index contributed by atoms with van der Waals surface area (Å²) in [6, 6.07) is 20.6. The van der Waals surface area contributed by atoms with Crippen LogP contribution >= 0.6 is 0 Å². The summed E-state index contributed by atoms with van der Waals surface area (Å²) in [5.41, 5.74) is 0.450. The quantitative estimate of drug-likeness (QED) is 0.372. The largest absolute Gasteiger partial charge is 0.497 e. The fourth-order valence-electron chi connectivity index (χ4n) is 4.04. The maximum Gasteiger partial charge on any atom is 0.264 e. The molecule has 3 aromatic rings. The molecule has 0 spiro atoms. The van der Waals surface area contributed by atoms with E-state index in [0.717, 1.165) is 9.87 Å². The van der Waals surface area contributed by atoms with Crippen molar-refractivity contribution in [1.29, 1.82) is 0 Å². The van der Waals surface area contributed by atoms with Gasteiger partial charge >= 0.3 is 0 Å². The standard InChI is InChI=1S/C30H37N3O6S/c1-22(29(35)31-30(2,3)4)32(20-23-12-10-14-25(18-23)38-5)28(34)21-33(24-13-11-15-26(19-24)39-6)40(36,37)27-16-8-7-9-17-27/h7-19,22H,20-21H2,1-6H3,(H,31,35)/t22-/m1/s1. The average molecular weight is 568 g/mol. The Bertz CT molecular complexity index is 1420. The predicted molar refractivity (Wildman–Crippen MR) is 155 cm³/mol. The van der Waals surface area contributed by atoms with Crippen LogP contribution in [0.1, 0.15) is 33.3 Å². The lowest BCUT2D eigenvalue weighted by Gasteiger charge is -2.33. The molecule has 3 aromatic carbocycles. The van der Waals surface area contributed by atoms with E-state index in [1.54, 1.807) is 74.7 Å². The second-order valence-corrected chi connectivity index (χ2v) is 12.2. The van der Waals surface area contributed by atoms with E-state index in [-0.39, 0.29) is 23.0 Å². The number of hydrogen-bond acceptors (Lipinski definition) is 6. The molecule has 0 fully saturated rings. The van der Waals surface area contributed by atoms with Crippen LogP contribution in [0.4, 0.5) is 5.69 Å². The van der Waals surface area contributed by atoms with Crippen molar-refractivity contribution in [2.45, 2.75) is 50.7 Å². The van der Waals surface area contributed by atoms with Crippen molar-refractivity contribution >= 4 is 27.5 Å². The molecule has 0 radical (unpaired) electrons. The fourth-order valence-corrected chi connectivity index (χ4v) is 5.47. The molecule has 0 saturated heterocycles. The Hall–Kier alpha value is -4.05. The zero-order valence-electron chi connectivity index (χ0n) is 23.7. The van der Waals surface area contributed by atoms with Crippen molar-refractivity contribution in [1.82, 2.24) is 10.2 Å². The maximum atomic E-state index is 14.0. The van der Waals surface area contributed by atoms with Crippen LogP contribution in [0.15, 0.2) is 83.8 Å². The van der Waals surface area contributed by atoms with Gasteiger partial charge in [0.05, 0.1) is 24.8 Å². The van der Waals surface area contributed by atoms with Crippen LogP contribution in [0.5, 0.6) is 11.5 Å². The third kappa shape index (κ3) is 7.75. The zero-order valence-corrected chi connectivity index (χ0v) is 24.6. The van der Waals surface area contributed by atoms with E-state index >= 15 is 0 Å². The molecule has 0 aliphatic rings.